The smallest absolute Gasteiger partial charge is 0.276 e. The number of thioether (sulfide) groups is 1. The van der Waals surface area contributed by atoms with Crippen LogP contribution in [-0.4, -0.2) is 29.2 Å². The monoisotopic (exact) mass is 370 g/mol. The first-order valence-corrected chi connectivity index (χ1v) is 9.63. The van der Waals surface area contributed by atoms with E-state index in [1.807, 2.05) is 55.5 Å². The van der Waals surface area contributed by atoms with Gasteiger partial charge in [0.25, 0.3) is 5.22 Å². The number of aryl methyl sites for hydroxylation is 1. The van der Waals surface area contributed by atoms with E-state index in [9.17, 15) is 0 Å². The summed E-state index contributed by atoms with van der Waals surface area (Å²) in [7, 11) is 0. The van der Waals surface area contributed by atoms with Crippen LogP contribution in [0.1, 0.15) is 18.9 Å². The molecule has 0 bridgehead atoms. The lowest BCUT2D eigenvalue weighted by molar-refractivity contribution is 0.314. The van der Waals surface area contributed by atoms with Crippen molar-refractivity contribution in [2.45, 2.75) is 25.5 Å². The van der Waals surface area contributed by atoms with Crippen molar-refractivity contribution in [1.29, 1.82) is 0 Å². The first kappa shape index (κ1) is 18.3. The van der Waals surface area contributed by atoms with Crippen molar-refractivity contribution in [2.75, 3.05) is 19.0 Å². The number of hydrogen-bond acceptors (Lipinski definition) is 6. The Morgan fingerprint density at radius 3 is 2.31 bits per heavy atom. The fourth-order valence-corrected chi connectivity index (χ4v) is 2.91. The molecule has 1 aromatic heterocycles. The molecule has 6 heteroatoms. The summed E-state index contributed by atoms with van der Waals surface area (Å²) in [4.78, 5) is 0. The van der Waals surface area contributed by atoms with Crippen molar-refractivity contribution >= 4 is 11.8 Å². The number of benzene rings is 2. The number of aromatic nitrogens is 2. The van der Waals surface area contributed by atoms with Crippen LogP contribution in [0.15, 0.2) is 58.2 Å². The highest BCUT2D eigenvalue weighted by molar-refractivity contribution is 7.99. The molecule has 136 valence electrons. The molecule has 2 aromatic carbocycles. The normalized spacial score (nSPS) is 10.7. The maximum atomic E-state index is 5.73. The Kier molecular flexibility index (Phi) is 6.55. The van der Waals surface area contributed by atoms with Gasteiger partial charge in [-0.15, -0.1) is 10.2 Å². The zero-order valence-electron chi connectivity index (χ0n) is 15.0. The third kappa shape index (κ3) is 5.02. The number of nitrogens with zero attached hydrogens (tertiary/aromatic N) is 2. The van der Waals surface area contributed by atoms with Crippen molar-refractivity contribution in [3.05, 3.63) is 54.1 Å². The molecule has 3 aromatic rings. The van der Waals surface area contributed by atoms with Crippen LogP contribution in [0.5, 0.6) is 11.5 Å². The molecule has 0 amide bonds. The maximum absolute atomic E-state index is 5.73. The summed E-state index contributed by atoms with van der Waals surface area (Å²) in [6.07, 6.45) is 0.997. The third-order valence-electron chi connectivity index (χ3n) is 3.66. The largest absolute Gasteiger partial charge is 0.494 e. The Labute approximate surface area is 157 Å². The number of ether oxygens (including phenoxy) is 2. The van der Waals surface area contributed by atoms with E-state index in [1.165, 1.54) is 11.8 Å². The molecule has 5 nitrogen and oxygen atoms in total. The molecule has 0 unspecified atom stereocenters. The van der Waals surface area contributed by atoms with Crippen LogP contribution in [0.25, 0.3) is 11.5 Å². The van der Waals surface area contributed by atoms with Crippen LogP contribution in [0.3, 0.4) is 0 Å². The van der Waals surface area contributed by atoms with Gasteiger partial charge < -0.3 is 13.9 Å². The average molecular weight is 370 g/mol. The summed E-state index contributed by atoms with van der Waals surface area (Å²) in [6.45, 7) is 5.40. The van der Waals surface area contributed by atoms with Crippen molar-refractivity contribution < 1.29 is 13.9 Å². The quantitative estimate of drug-likeness (QED) is 0.390. The summed E-state index contributed by atoms with van der Waals surface area (Å²) < 4.78 is 17.0. The van der Waals surface area contributed by atoms with Gasteiger partial charge >= 0.3 is 0 Å². The summed E-state index contributed by atoms with van der Waals surface area (Å²) in [6, 6.07) is 15.6. The van der Waals surface area contributed by atoms with E-state index in [0.29, 0.717) is 17.7 Å². The van der Waals surface area contributed by atoms with Gasteiger partial charge in [0.15, 0.2) is 0 Å². The molecule has 0 saturated carbocycles. The van der Waals surface area contributed by atoms with Crippen molar-refractivity contribution in [1.82, 2.24) is 10.2 Å². The standard InChI is InChI=1S/C20H22N2O3S/c1-3-12-23-16-8-10-17(11-9-16)24-13-14-26-20-22-21-19(25-20)18-7-5-4-6-15(18)2/h4-11H,3,12-14H2,1-2H3. The van der Waals surface area contributed by atoms with Crippen molar-refractivity contribution in [2.24, 2.45) is 0 Å². The summed E-state index contributed by atoms with van der Waals surface area (Å²) in [5, 5.41) is 8.77. The van der Waals surface area contributed by atoms with Gasteiger partial charge in [-0.25, -0.2) is 0 Å². The van der Waals surface area contributed by atoms with E-state index in [0.717, 1.165) is 41.4 Å². The predicted molar refractivity (Wildman–Crippen MR) is 103 cm³/mol. The highest BCUT2D eigenvalue weighted by Gasteiger charge is 2.10. The second kappa shape index (κ2) is 9.29. The maximum Gasteiger partial charge on any atom is 0.276 e. The average Bonchev–Trinajstić information content (AvgIpc) is 3.13. The Hall–Kier alpha value is -2.47. The Balaban J connectivity index is 1.45. The molecule has 0 aliphatic rings. The van der Waals surface area contributed by atoms with Crippen molar-refractivity contribution in [3.8, 4) is 23.0 Å². The first-order chi connectivity index (χ1) is 12.8. The zero-order chi connectivity index (χ0) is 18.2. The minimum Gasteiger partial charge on any atom is -0.494 e. The number of rotatable bonds is 9. The molecule has 0 radical (unpaired) electrons. The molecule has 0 aliphatic carbocycles. The predicted octanol–water partition coefficient (Wildman–Crippen LogP) is 5.00. The van der Waals surface area contributed by atoms with Crippen LogP contribution >= 0.6 is 11.8 Å². The fourth-order valence-electron chi connectivity index (χ4n) is 2.33. The van der Waals surface area contributed by atoms with Gasteiger partial charge in [0, 0.05) is 11.3 Å². The van der Waals surface area contributed by atoms with E-state index in [-0.39, 0.29) is 0 Å². The van der Waals surface area contributed by atoms with Gasteiger partial charge in [-0.1, -0.05) is 36.9 Å². The van der Waals surface area contributed by atoms with Gasteiger partial charge in [-0.05, 0) is 49.2 Å². The molecule has 0 spiro atoms. The Morgan fingerprint density at radius 2 is 1.62 bits per heavy atom. The zero-order valence-corrected chi connectivity index (χ0v) is 15.8. The van der Waals surface area contributed by atoms with E-state index >= 15 is 0 Å². The van der Waals surface area contributed by atoms with Crippen LogP contribution in [-0.2, 0) is 0 Å². The molecule has 0 N–H and O–H groups in total. The van der Waals surface area contributed by atoms with E-state index < -0.39 is 0 Å². The molecular weight excluding hydrogens is 348 g/mol. The van der Waals surface area contributed by atoms with Crippen LogP contribution < -0.4 is 9.47 Å². The Bertz CT molecular complexity index is 818. The minimum absolute atomic E-state index is 0.550. The first-order valence-electron chi connectivity index (χ1n) is 8.64. The Morgan fingerprint density at radius 1 is 0.923 bits per heavy atom. The van der Waals surface area contributed by atoms with Gasteiger partial charge in [0.05, 0.1) is 13.2 Å². The van der Waals surface area contributed by atoms with Crippen LogP contribution in [0, 0.1) is 6.92 Å². The number of hydrogen-bond donors (Lipinski definition) is 0. The molecule has 0 saturated heterocycles. The second-order valence-electron chi connectivity index (χ2n) is 5.70. The molecular formula is C20H22N2O3S. The van der Waals surface area contributed by atoms with Gasteiger partial charge in [0.1, 0.15) is 11.5 Å². The van der Waals surface area contributed by atoms with E-state index in [2.05, 4.69) is 17.1 Å². The summed E-state index contributed by atoms with van der Waals surface area (Å²) in [5.74, 6) is 2.96. The third-order valence-corrected chi connectivity index (χ3v) is 4.44. The lowest BCUT2D eigenvalue weighted by atomic mass is 10.1. The topological polar surface area (TPSA) is 57.4 Å². The summed E-state index contributed by atoms with van der Waals surface area (Å²) in [5.41, 5.74) is 2.08. The van der Waals surface area contributed by atoms with Gasteiger partial charge in [-0.2, -0.15) is 0 Å². The fraction of sp³-hybridized carbons (Fsp3) is 0.300. The minimum atomic E-state index is 0.550. The molecule has 0 atom stereocenters. The van der Waals surface area contributed by atoms with E-state index in [4.69, 9.17) is 13.9 Å². The lowest BCUT2D eigenvalue weighted by Gasteiger charge is -2.07. The van der Waals surface area contributed by atoms with Gasteiger partial charge in [-0.3, -0.25) is 0 Å². The van der Waals surface area contributed by atoms with Gasteiger partial charge in [0.2, 0.25) is 5.89 Å². The molecule has 26 heavy (non-hydrogen) atoms. The molecule has 3 rings (SSSR count). The lowest BCUT2D eigenvalue weighted by Crippen LogP contribution is -2.00. The van der Waals surface area contributed by atoms with Crippen LogP contribution in [0.4, 0.5) is 0 Å². The summed E-state index contributed by atoms with van der Waals surface area (Å²) >= 11 is 1.49. The van der Waals surface area contributed by atoms with Crippen molar-refractivity contribution in [3.63, 3.8) is 0 Å². The highest BCUT2D eigenvalue weighted by Crippen LogP contribution is 2.25. The van der Waals surface area contributed by atoms with Crippen LogP contribution in [0.2, 0.25) is 0 Å². The SMILES string of the molecule is CCCOc1ccc(OCCSc2nnc(-c3ccccc3C)o2)cc1. The molecule has 1 heterocycles. The molecule has 0 aliphatic heterocycles. The van der Waals surface area contributed by atoms with E-state index in [1.54, 1.807) is 0 Å². The second-order valence-corrected chi connectivity index (χ2v) is 6.75. The molecule has 0 fully saturated rings. The highest BCUT2D eigenvalue weighted by atomic mass is 32.2.